The maximum Gasteiger partial charge on any atom is 0.165 e. The van der Waals surface area contributed by atoms with E-state index in [2.05, 4.69) is 15.4 Å². The van der Waals surface area contributed by atoms with Gasteiger partial charge in [0.25, 0.3) is 0 Å². The molecule has 17 heavy (non-hydrogen) atoms. The number of aromatic nitrogens is 2. The average Bonchev–Trinajstić information content (AvgIpc) is 3.11. The molecule has 0 unspecified atom stereocenters. The Labute approximate surface area is 99.0 Å². The molecule has 0 saturated heterocycles. The third kappa shape index (κ3) is 1.89. The van der Waals surface area contributed by atoms with Crippen LogP contribution in [0.4, 0.5) is 5.82 Å². The molecular weight excluding hydrogens is 216 g/mol. The summed E-state index contributed by atoms with van der Waals surface area (Å²) < 4.78 is 5.28. The van der Waals surface area contributed by atoms with Crippen molar-refractivity contribution in [2.24, 2.45) is 5.84 Å². The van der Waals surface area contributed by atoms with E-state index in [1.54, 1.807) is 6.26 Å². The molecule has 5 nitrogen and oxygen atoms in total. The van der Waals surface area contributed by atoms with Crippen molar-refractivity contribution in [3.63, 3.8) is 0 Å². The van der Waals surface area contributed by atoms with E-state index >= 15 is 0 Å². The molecule has 1 saturated carbocycles. The van der Waals surface area contributed by atoms with Crippen LogP contribution < -0.4 is 11.3 Å². The van der Waals surface area contributed by atoms with Crippen LogP contribution in [0.15, 0.2) is 22.8 Å². The SMILES string of the molecule is Cc1occc1-c1nc(NN)cc(C2CC2)n1. The summed E-state index contributed by atoms with van der Waals surface area (Å²) in [6.07, 6.45) is 4.04. The molecule has 5 heteroatoms. The van der Waals surface area contributed by atoms with Crippen molar-refractivity contribution in [3.05, 3.63) is 29.9 Å². The molecule has 0 amide bonds. The fourth-order valence-corrected chi connectivity index (χ4v) is 1.87. The minimum absolute atomic E-state index is 0.566. The van der Waals surface area contributed by atoms with Gasteiger partial charge in [-0.3, -0.25) is 0 Å². The summed E-state index contributed by atoms with van der Waals surface area (Å²) in [6, 6.07) is 3.79. The van der Waals surface area contributed by atoms with Crippen LogP contribution in [0.5, 0.6) is 0 Å². The first-order chi connectivity index (χ1) is 8.28. The van der Waals surface area contributed by atoms with Crippen LogP contribution in [0.3, 0.4) is 0 Å². The third-order valence-electron chi connectivity index (χ3n) is 2.99. The predicted octanol–water partition coefficient (Wildman–Crippen LogP) is 2.21. The quantitative estimate of drug-likeness (QED) is 0.624. The van der Waals surface area contributed by atoms with Gasteiger partial charge in [-0.15, -0.1) is 0 Å². The Morgan fingerprint density at radius 2 is 2.24 bits per heavy atom. The molecule has 0 aliphatic heterocycles. The second-order valence-electron chi connectivity index (χ2n) is 4.31. The summed E-state index contributed by atoms with van der Waals surface area (Å²) in [4.78, 5) is 8.94. The molecule has 0 radical (unpaired) electrons. The summed E-state index contributed by atoms with van der Waals surface area (Å²) in [7, 11) is 0. The zero-order valence-electron chi connectivity index (χ0n) is 9.60. The van der Waals surface area contributed by atoms with E-state index in [9.17, 15) is 0 Å². The highest BCUT2D eigenvalue weighted by atomic mass is 16.3. The summed E-state index contributed by atoms with van der Waals surface area (Å²) in [5, 5.41) is 0. The van der Waals surface area contributed by atoms with Crippen molar-refractivity contribution in [3.8, 4) is 11.4 Å². The second-order valence-corrected chi connectivity index (χ2v) is 4.31. The number of hydrogen-bond donors (Lipinski definition) is 2. The molecule has 2 heterocycles. The Morgan fingerprint density at radius 1 is 1.41 bits per heavy atom. The molecule has 1 fully saturated rings. The average molecular weight is 230 g/mol. The van der Waals surface area contributed by atoms with E-state index in [0.717, 1.165) is 17.0 Å². The van der Waals surface area contributed by atoms with Crippen molar-refractivity contribution in [1.29, 1.82) is 0 Å². The normalized spacial score (nSPS) is 14.9. The number of anilines is 1. The number of nitrogens with one attached hydrogen (secondary N) is 1. The largest absolute Gasteiger partial charge is 0.469 e. The van der Waals surface area contributed by atoms with Gasteiger partial charge in [-0.05, 0) is 25.8 Å². The fraction of sp³-hybridized carbons (Fsp3) is 0.333. The van der Waals surface area contributed by atoms with Gasteiger partial charge < -0.3 is 9.84 Å². The first-order valence-electron chi connectivity index (χ1n) is 5.68. The lowest BCUT2D eigenvalue weighted by molar-refractivity contribution is 0.535. The van der Waals surface area contributed by atoms with Gasteiger partial charge in [0.1, 0.15) is 11.6 Å². The van der Waals surface area contributed by atoms with Gasteiger partial charge in [-0.25, -0.2) is 15.8 Å². The molecule has 3 rings (SSSR count). The van der Waals surface area contributed by atoms with Crippen LogP contribution in [0.2, 0.25) is 0 Å². The topological polar surface area (TPSA) is 77.0 Å². The Morgan fingerprint density at radius 3 is 2.82 bits per heavy atom. The molecule has 2 aromatic heterocycles. The molecular formula is C12H14N4O. The van der Waals surface area contributed by atoms with Crippen molar-refractivity contribution in [1.82, 2.24) is 9.97 Å². The summed E-state index contributed by atoms with van der Waals surface area (Å²) in [6.45, 7) is 1.90. The minimum atomic E-state index is 0.566. The van der Waals surface area contributed by atoms with Crippen molar-refractivity contribution >= 4 is 5.82 Å². The van der Waals surface area contributed by atoms with Gasteiger partial charge in [0.2, 0.25) is 0 Å². The molecule has 0 spiro atoms. The standard InChI is InChI=1S/C12H14N4O/c1-7-9(4-5-17-7)12-14-10(8-2-3-8)6-11(15-12)16-13/h4-6,8H,2-3,13H2,1H3,(H,14,15,16). The Kier molecular flexibility index (Phi) is 2.33. The highest BCUT2D eigenvalue weighted by molar-refractivity contribution is 5.59. The highest BCUT2D eigenvalue weighted by Gasteiger charge is 2.26. The third-order valence-corrected chi connectivity index (χ3v) is 2.99. The van der Waals surface area contributed by atoms with Crippen LogP contribution in [0.1, 0.15) is 30.2 Å². The van der Waals surface area contributed by atoms with E-state index in [0.29, 0.717) is 17.6 Å². The van der Waals surface area contributed by atoms with Gasteiger partial charge in [-0.1, -0.05) is 0 Å². The molecule has 2 aromatic rings. The van der Waals surface area contributed by atoms with Gasteiger partial charge in [0.15, 0.2) is 5.82 Å². The lowest BCUT2D eigenvalue weighted by Crippen LogP contribution is -2.10. The number of hydrogen-bond acceptors (Lipinski definition) is 5. The van der Waals surface area contributed by atoms with Gasteiger partial charge >= 0.3 is 0 Å². The van der Waals surface area contributed by atoms with E-state index in [-0.39, 0.29) is 0 Å². The van der Waals surface area contributed by atoms with Crippen molar-refractivity contribution in [2.75, 3.05) is 5.43 Å². The summed E-state index contributed by atoms with van der Waals surface area (Å²) in [5.74, 6) is 8.15. The van der Waals surface area contributed by atoms with E-state index in [4.69, 9.17) is 10.3 Å². The van der Waals surface area contributed by atoms with E-state index in [1.807, 2.05) is 19.1 Å². The number of furan rings is 1. The number of nitrogen functional groups attached to an aromatic ring is 1. The Hall–Kier alpha value is -1.88. The fourth-order valence-electron chi connectivity index (χ4n) is 1.87. The maximum absolute atomic E-state index is 5.44. The van der Waals surface area contributed by atoms with Crippen LogP contribution in [0, 0.1) is 6.92 Å². The number of nitrogens with zero attached hydrogens (tertiary/aromatic N) is 2. The van der Waals surface area contributed by atoms with Crippen molar-refractivity contribution in [2.45, 2.75) is 25.7 Å². The van der Waals surface area contributed by atoms with E-state index < -0.39 is 0 Å². The van der Waals surface area contributed by atoms with Crippen molar-refractivity contribution < 1.29 is 4.42 Å². The molecule has 0 aromatic carbocycles. The minimum Gasteiger partial charge on any atom is -0.469 e. The molecule has 1 aliphatic carbocycles. The Bertz CT molecular complexity index is 545. The lowest BCUT2D eigenvalue weighted by atomic mass is 10.2. The maximum atomic E-state index is 5.44. The second kappa shape index (κ2) is 3.85. The first-order valence-corrected chi connectivity index (χ1v) is 5.68. The van der Waals surface area contributed by atoms with Crippen LogP contribution in [-0.4, -0.2) is 9.97 Å². The monoisotopic (exact) mass is 230 g/mol. The lowest BCUT2D eigenvalue weighted by Gasteiger charge is -2.06. The number of hydrazine groups is 1. The smallest absolute Gasteiger partial charge is 0.165 e. The van der Waals surface area contributed by atoms with Crippen LogP contribution in [-0.2, 0) is 0 Å². The number of rotatable bonds is 3. The molecule has 0 bridgehead atoms. The van der Waals surface area contributed by atoms with Gasteiger partial charge in [0, 0.05) is 17.7 Å². The van der Waals surface area contributed by atoms with Gasteiger partial charge in [-0.2, -0.15) is 0 Å². The van der Waals surface area contributed by atoms with Gasteiger partial charge in [0.05, 0.1) is 11.8 Å². The molecule has 1 aliphatic rings. The zero-order valence-corrected chi connectivity index (χ0v) is 9.60. The number of aryl methyl sites for hydroxylation is 1. The summed E-state index contributed by atoms with van der Waals surface area (Å²) in [5.41, 5.74) is 4.57. The van der Waals surface area contributed by atoms with E-state index in [1.165, 1.54) is 12.8 Å². The molecule has 3 N–H and O–H groups in total. The molecule has 88 valence electrons. The highest BCUT2D eigenvalue weighted by Crippen LogP contribution is 2.40. The zero-order chi connectivity index (χ0) is 11.8. The number of nitrogens with two attached hydrogens (primary N) is 1. The Balaban J connectivity index is 2.09. The first kappa shape index (κ1) is 10.3. The molecule has 0 atom stereocenters. The van der Waals surface area contributed by atoms with Crippen LogP contribution >= 0.6 is 0 Å². The predicted molar refractivity (Wildman–Crippen MR) is 64.3 cm³/mol. The summed E-state index contributed by atoms with van der Waals surface area (Å²) >= 11 is 0. The van der Waals surface area contributed by atoms with Crippen LogP contribution in [0.25, 0.3) is 11.4 Å².